The highest BCUT2D eigenvalue weighted by Gasteiger charge is 2.31. The molecule has 0 aromatic heterocycles. The number of hydrogen-bond acceptors (Lipinski definition) is 6. The van der Waals surface area contributed by atoms with Crippen LogP contribution in [0, 0.1) is 11.8 Å². The minimum Gasteiger partial charge on any atom is -0.444 e. The molecule has 0 fully saturated rings. The smallest absolute Gasteiger partial charge is 0.408 e. The minimum absolute atomic E-state index is 0.0407. The Kier molecular flexibility index (Phi) is 13.1. The quantitative estimate of drug-likeness (QED) is 0.114. The van der Waals surface area contributed by atoms with Gasteiger partial charge in [0.25, 0.3) is 0 Å². The van der Waals surface area contributed by atoms with E-state index >= 15 is 0 Å². The van der Waals surface area contributed by atoms with Crippen LogP contribution in [0.3, 0.4) is 0 Å². The molecule has 11 nitrogen and oxygen atoms in total. The second kappa shape index (κ2) is 14.3. The summed E-state index contributed by atoms with van der Waals surface area (Å²) in [6.07, 6.45) is 1.13. The zero-order chi connectivity index (χ0) is 25.8. The molecule has 7 N–H and O–H groups in total. The maximum Gasteiger partial charge on any atom is 0.408 e. The fourth-order valence-corrected chi connectivity index (χ4v) is 2.91. The lowest BCUT2D eigenvalue weighted by molar-refractivity contribution is -0.131. The van der Waals surface area contributed by atoms with Crippen molar-refractivity contribution in [1.29, 1.82) is 0 Å². The lowest BCUT2D eigenvalue weighted by Crippen LogP contribution is -2.57. The monoisotopic (exact) mass is 470 g/mol. The van der Waals surface area contributed by atoms with Crippen LogP contribution in [0.1, 0.15) is 67.7 Å². The van der Waals surface area contributed by atoms with E-state index in [1.54, 1.807) is 34.6 Å². The number of amides is 3. The average Bonchev–Trinajstić information content (AvgIpc) is 2.65. The van der Waals surface area contributed by atoms with E-state index in [0.29, 0.717) is 32.1 Å². The summed E-state index contributed by atoms with van der Waals surface area (Å²) in [5.41, 5.74) is 9.83. The van der Waals surface area contributed by atoms with Gasteiger partial charge in [0.2, 0.25) is 11.8 Å². The second-order valence-corrected chi connectivity index (χ2v) is 9.76. The van der Waals surface area contributed by atoms with E-state index in [2.05, 4.69) is 20.9 Å². The first-order valence-electron chi connectivity index (χ1n) is 11.3. The molecule has 0 radical (unpaired) electrons. The van der Waals surface area contributed by atoms with Crippen molar-refractivity contribution < 1.29 is 23.9 Å². The molecule has 0 aromatic rings. The van der Waals surface area contributed by atoms with E-state index < -0.39 is 41.6 Å². The summed E-state index contributed by atoms with van der Waals surface area (Å²) in [7, 11) is 0. The molecule has 0 aliphatic heterocycles. The molecule has 11 heteroatoms. The van der Waals surface area contributed by atoms with E-state index in [1.165, 1.54) is 0 Å². The standard InChI is InChI=1S/C22H42N6O5/c1-13(2)11-16(18(30)26-15(12-29)9-8-10-25-20(23)24)27-19(31)17(14(3)4)28-21(32)33-22(5,6)7/h12-17H,8-11H2,1-7H3,(H,26,30)(H,27,31)(H,28,32)(H4,23,24,25)/t15?,16?,17-/m1/s1. The highest BCUT2D eigenvalue weighted by atomic mass is 16.6. The number of nitrogens with zero attached hydrogens (tertiary/aromatic N) is 1. The van der Waals surface area contributed by atoms with Gasteiger partial charge in [-0.1, -0.05) is 27.7 Å². The Morgan fingerprint density at radius 2 is 1.61 bits per heavy atom. The summed E-state index contributed by atoms with van der Waals surface area (Å²) in [5, 5.41) is 7.95. The Labute approximate surface area is 196 Å². The molecule has 2 unspecified atom stereocenters. The van der Waals surface area contributed by atoms with Crippen LogP contribution in [0.4, 0.5) is 4.79 Å². The maximum atomic E-state index is 12.9. The maximum absolute atomic E-state index is 12.9. The van der Waals surface area contributed by atoms with Crippen molar-refractivity contribution in [1.82, 2.24) is 16.0 Å². The Morgan fingerprint density at radius 1 is 1.00 bits per heavy atom. The molecular formula is C22H42N6O5. The molecule has 0 bridgehead atoms. The van der Waals surface area contributed by atoms with Crippen molar-refractivity contribution >= 4 is 30.2 Å². The zero-order valence-corrected chi connectivity index (χ0v) is 20.9. The number of hydrogen-bond donors (Lipinski definition) is 5. The van der Waals surface area contributed by atoms with Crippen molar-refractivity contribution in [3.63, 3.8) is 0 Å². The second-order valence-electron chi connectivity index (χ2n) is 9.76. The van der Waals surface area contributed by atoms with Crippen molar-refractivity contribution in [3.05, 3.63) is 0 Å². The van der Waals surface area contributed by atoms with Gasteiger partial charge in [0.15, 0.2) is 5.96 Å². The zero-order valence-electron chi connectivity index (χ0n) is 20.9. The molecule has 0 saturated carbocycles. The van der Waals surface area contributed by atoms with Gasteiger partial charge in [0.1, 0.15) is 24.0 Å². The molecule has 3 amide bonds. The van der Waals surface area contributed by atoms with Gasteiger partial charge < -0.3 is 36.9 Å². The topological polar surface area (TPSA) is 178 Å². The van der Waals surface area contributed by atoms with Gasteiger partial charge in [-0.25, -0.2) is 4.79 Å². The van der Waals surface area contributed by atoms with Crippen molar-refractivity contribution in [3.8, 4) is 0 Å². The molecule has 0 rings (SSSR count). The van der Waals surface area contributed by atoms with Gasteiger partial charge in [-0.2, -0.15) is 0 Å². The number of nitrogens with one attached hydrogen (secondary N) is 3. The third-order valence-electron chi connectivity index (χ3n) is 4.42. The average molecular weight is 471 g/mol. The molecule has 190 valence electrons. The SMILES string of the molecule is CC(C)CC(NC(=O)[C@H](NC(=O)OC(C)(C)C)C(C)C)C(=O)NC(C=O)CCCN=C(N)N. The number of alkyl carbamates (subject to hydrolysis) is 1. The fourth-order valence-electron chi connectivity index (χ4n) is 2.91. The number of ether oxygens (including phenoxy) is 1. The number of guanidine groups is 1. The van der Waals surface area contributed by atoms with Crippen LogP contribution in [0.15, 0.2) is 4.99 Å². The van der Waals surface area contributed by atoms with Crippen LogP contribution in [-0.4, -0.2) is 60.4 Å². The summed E-state index contributed by atoms with van der Waals surface area (Å²) >= 11 is 0. The lowest BCUT2D eigenvalue weighted by atomic mass is 9.99. The molecule has 0 aromatic carbocycles. The lowest BCUT2D eigenvalue weighted by Gasteiger charge is -2.28. The molecule has 0 heterocycles. The molecule has 0 spiro atoms. The van der Waals surface area contributed by atoms with Crippen molar-refractivity contribution in [2.75, 3.05) is 6.54 Å². The van der Waals surface area contributed by atoms with Gasteiger partial charge in [-0.3, -0.25) is 14.6 Å². The highest BCUT2D eigenvalue weighted by Crippen LogP contribution is 2.11. The summed E-state index contributed by atoms with van der Waals surface area (Å²) < 4.78 is 5.24. The van der Waals surface area contributed by atoms with Gasteiger partial charge in [0, 0.05) is 6.54 Å². The number of nitrogens with two attached hydrogens (primary N) is 2. The molecule has 3 atom stereocenters. The van der Waals surface area contributed by atoms with Gasteiger partial charge in [-0.15, -0.1) is 0 Å². The highest BCUT2D eigenvalue weighted by molar-refractivity contribution is 5.92. The summed E-state index contributed by atoms with van der Waals surface area (Å²) in [4.78, 5) is 53.2. The fraction of sp³-hybridized carbons (Fsp3) is 0.773. The van der Waals surface area contributed by atoms with E-state index in [-0.39, 0.29) is 17.8 Å². The normalized spacial score (nSPS) is 14.1. The predicted octanol–water partition coefficient (Wildman–Crippen LogP) is 0.804. The Morgan fingerprint density at radius 3 is 2.06 bits per heavy atom. The first kappa shape index (κ1) is 30.1. The molecule has 33 heavy (non-hydrogen) atoms. The van der Waals surface area contributed by atoms with E-state index in [0.717, 1.165) is 0 Å². The summed E-state index contributed by atoms with van der Waals surface area (Å²) in [6, 6.07) is -2.51. The van der Waals surface area contributed by atoms with E-state index in [1.807, 2.05) is 13.8 Å². The molecule has 0 aliphatic rings. The molecule has 0 aliphatic carbocycles. The van der Waals surface area contributed by atoms with E-state index in [4.69, 9.17) is 16.2 Å². The van der Waals surface area contributed by atoms with Crippen LogP contribution in [0.5, 0.6) is 0 Å². The van der Waals surface area contributed by atoms with Gasteiger partial charge >= 0.3 is 6.09 Å². The summed E-state index contributed by atoms with van der Waals surface area (Å²) in [5.74, 6) is -1.18. The Balaban J connectivity index is 5.23. The van der Waals surface area contributed by atoms with Crippen LogP contribution >= 0.6 is 0 Å². The first-order valence-corrected chi connectivity index (χ1v) is 11.3. The summed E-state index contributed by atoms with van der Waals surface area (Å²) in [6.45, 7) is 12.9. The van der Waals surface area contributed by atoms with Gasteiger partial charge in [0.05, 0.1) is 6.04 Å². The number of aliphatic imine (C=N–C) groups is 1. The third-order valence-corrected chi connectivity index (χ3v) is 4.42. The van der Waals surface area contributed by atoms with Crippen molar-refractivity contribution in [2.24, 2.45) is 28.3 Å². The largest absolute Gasteiger partial charge is 0.444 e. The van der Waals surface area contributed by atoms with Crippen LogP contribution < -0.4 is 27.4 Å². The van der Waals surface area contributed by atoms with Crippen molar-refractivity contribution in [2.45, 2.75) is 91.5 Å². The van der Waals surface area contributed by atoms with E-state index in [9.17, 15) is 19.2 Å². The van der Waals surface area contributed by atoms with Crippen LogP contribution in [-0.2, 0) is 19.1 Å². The Hall–Kier alpha value is -2.85. The third kappa shape index (κ3) is 14.0. The first-order chi connectivity index (χ1) is 15.2. The van der Waals surface area contributed by atoms with Gasteiger partial charge in [-0.05, 0) is 51.9 Å². The van der Waals surface area contributed by atoms with Crippen LogP contribution in [0.25, 0.3) is 0 Å². The number of carbonyl (C=O) groups excluding carboxylic acids is 4. The predicted molar refractivity (Wildman–Crippen MR) is 127 cm³/mol. The molecular weight excluding hydrogens is 428 g/mol. The number of rotatable bonds is 13. The number of carbonyl (C=O) groups is 4. The van der Waals surface area contributed by atoms with Crippen LogP contribution in [0.2, 0.25) is 0 Å². The Bertz CT molecular complexity index is 683. The number of aldehydes is 1. The minimum atomic E-state index is -0.899. The molecule has 0 saturated heterocycles.